The molecular weight excluding hydrogens is 410 g/mol. The van der Waals surface area contributed by atoms with E-state index in [4.69, 9.17) is 14.2 Å². The molecule has 0 aliphatic rings. The van der Waals surface area contributed by atoms with Crippen molar-refractivity contribution in [2.24, 2.45) is 5.10 Å². The molecule has 3 rings (SSSR count). The van der Waals surface area contributed by atoms with Gasteiger partial charge in [0.15, 0.2) is 11.5 Å². The van der Waals surface area contributed by atoms with E-state index in [1.54, 1.807) is 42.5 Å². The van der Waals surface area contributed by atoms with Crippen LogP contribution in [0.5, 0.6) is 17.2 Å². The summed E-state index contributed by atoms with van der Waals surface area (Å²) >= 11 is 0. The zero-order valence-corrected chi connectivity index (χ0v) is 17.7. The Bertz CT molecular complexity index is 1080. The average molecular weight is 433 g/mol. The summed E-state index contributed by atoms with van der Waals surface area (Å²) in [4.78, 5) is 24.1. The molecule has 0 radical (unpaired) electrons. The van der Waals surface area contributed by atoms with Crippen LogP contribution in [0.3, 0.4) is 0 Å². The molecule has 0 saturated carbocycles. The maximum atomic E-state index is 12.1. The summed E-state index contributed by atoms with van der Waals surface area (Å²) in [5.74, 6) is -0.123. The van der Waals surface area contributed by atoms with Gasteiger partial charge in [-0.25, -0.2) is 5.43 Å². The van der Waals surface area contributed by atoms with Crippen molar-refractivity contribution in [1.82, 2.24) is 5.43 Å². The molecule has 164 valence electrons. The third-order valence-electron chi connectivity index (χ3n) is 4.37. The van der Waals surface area contributed by atoms with Gasteiger partial charge in [-0.15, -0.1) is 0 Å². The number of methoxy groups -OCH3 is 2. The average Bonchev–Trinajstić information content (AvgIpc) is 2.83. The van der Waals surface area contributed by atoms with Gasteiger partial charge in [0, 0.05) is 11.3 Å². The summed E-state index contributed by atoms with van der Waals surface area (Å²) < 4.78 is 16.2. The molecule has 0 aliphatic carbocycles. The van der Waals surface area contributed by atoms with Crippen LogP contribution < -0.4 is 25.0 Å². The smallest absolute Gasteiger partial charge is 0.329 e. The number of rotatable bonds is 8. The molecule has 0 unspecified atom stereocenters. The van der Waals surface area contributed by atoms with E-state index in [1.165, 1.54) is 20.4 Å². The zero-order chi connectivity index (χ0) is 22.8. The van der Waals surface area contributed by atoms with E-state index in [-0.39, 0.29) is 0 Å². The number of nitrogens with zero attached hydrogens (tertiary/aromatic N) is 1. The van der Waals surface area contributed by atoms with Crippen LogP contribution in [0.15, 0.2) is 77.9 Å². The molecule has 0 saturated heterocycles. The predicted octanol–water partition coefficient (Wildman–Crippen LogP) is 3.37. The van der Waals surface area contributed by atoms with Crippen LogP contribution in [0.25, 0.3) is 0 Å². The number of nitrogens with one attached hydrogen (secondary N) is 2. The zero-order valence-electron chi connectivity index (χ0n) is 17.7. The normalized spacial score (nSPS) is 10.4. The van der Waals surface area contributed by atoms with E-state index in [9.17, 15) is 9.59 Å². The van der Waals surface area contributed by atoms with Crippen molar-refractivity contribution in [3.05, 3.63) is 83.9 Å². The Hall–Kier alpha value is -4.33. The molecule has 2 amide bonds. The lowest BCUT2D eigenvalue weighted by atomic mass is 10.2. The van der Waals surface area contributed by atoms with E-state index in [0.29, 0.717) is 35.1 Å². The second-order valence-corrected chi connectivity index (χ2v) is 6.53. The maximum Gasteiger partial charge on any atom is 0.329 e. The van der Waals surface area contributed by atoms with E-state index < -0.39 is 11.8 Å². The Morgan fingerprint density at radius 3 is 2.31 bits per heavy atom. The van der Waals surface area contributed by atoms with Gasteiger partial charge in [0.25, 0.3) is 0 Å². The molecule has 0 spiro atoms. The lowest BCUT2D eigenvalue weighted by Crippen LogP contribution is -2.32. The van der Waals surface area contributed by atoms with E-state index in [2.05, 4.69) is 15.8 Å². The van der Waals surface area contributed by atoms with Gasteiger partial charge < -0.3 is 19.5 Å². The highest BCUT2D eigenvalue weighted by molar-refractivity contribution is 6.39. The molecule has 0 aliphatic heterocycles. The monoisotopic (exact) mass is 433 g/mol. The quantitative estimate of drug-likeness (QED) is 0.322. The highest BCUT2D eigenvalue weighted by Gasteiger charge is 2.13. The topological polar surface area (TPSA) is 98.2 Å². The number of ether oxygens (including phenoxy) is 3. The number of para-hydroxylation sites is 1. The van der Waals surface area contributed by atoms with Crippen molar-refractivity contribution in [1.29, 1.82) is 0 Å². The molecule has 8 nitrogen and oxygen atoms in total. The number of benzene rings is 3. The lowest BCUT2D eigenvalue weighted by molar-refractivity contribution is -0.136. The van der Waals surface area contributed by atoms with Crippen molar-refractivity contribution >= 4 is 23.7 Å². The minimum absolute atomic E-state index is 0.436. The number of carbonyl (C=O) groups excluding carboxylic acids is 2. The maximum absolute atomic E-state index is 12.1. The third kappa shape index (κ3) is 6.09. The van der Waals surface area contributed by atoms with Crippen LogP contribution in [0.1, 0.15) is 11.1 Å². The first kappa shape index (κ1) is 22.4. The SMILES string of the molecule is COc1cccc(/C=N\NC(=O)C(=O)Nc2ccc(OCc3ccccc3)cc2)c1OC. The highest BCUT2D eigenvalue weighted by atomic mass is 16.5. The van der Waals surface area contributed by atoms with Crippen molar-refractivity contribution in [3.8, 4) is 17.2 Å². The molecule has 2 N–H and O–H groups in total. The summed E-state index contributed by atoms with van der Waals surface area (Å²) in [5.41, 5.74) is 4.27. The number of amides is 2. The van der Waals surface area contributed by atoms with Gasteiger partial charge in [-0.2, -0.15) is 5.10 Å². The van der Waals surface area contributed by atoms with Gasteiger partial charge in [0.05, 0.1) is 20.4 Å². The van der Waals surface area contributed by atoms with E-state index in [0.717, 1.165) is 5.56 Å². The number of hydrogen-bond acceptors (Lipinski definition) is 6. The fraction of sp³-hybridized carbons (Fsp3) is 0.125. The predicted molar refractivity (Wildman–Crippen MR) is 121 cm³/mol. The van der Waals surface area contributed by atoms with Gasteiger partial charge >= 0.3 is 11.8 Å². The van der Waals surface area contributed by atoms with Crippen LogP contribution in [-0.4, -0.2) is 32.2 Å². The molecule has 0 atom stereocenters. The van der Waals surface area contributed by atoms with Crippen molar-refractivity contribution in [2.45, 2.75) is 6.61 Å². The minimum Gasteiger partial charge on any atom is -0.493 e. The second-order valence-electron chi connectivity index (χ2n) is 6.53. The first-order valence-corrected chi connectivity index (χ1v) is 9.73. The fourth-order valence-corrected chi connectivity index (χ4v) is 2.79. The van der Waals surface area contributed by atoms with Gasteiger partial charge in [-0.05, 0) is 42.0 Å². The van der Waals surface area contributed by atoms with Gasteiger partial charge in [0.2, 0.25) is 0 Å². The Morgan fingerprint density at radius 1 is 0.875 bits per heavy atom. The summed E-state index contributed by atoms with van der Waals surface area (Å²) in [7, 11) is 3.02. The molecule has 8 heteroatoms. The molecule has 0 bridgehead atoms. The molecule has 0 fully saturated rings. The number of carbonyl (C=O) groups is 2. The van der Waals surface area contributed by atoms with Gasteiger partial charge in [-0.3, -0.25) is 9.59 Å². The number of hydrazone groups is 1. The Labute approximate surface area is 185 Å². The summed E-state index contributed by atoms with van der Waals surface area (Å²) in [6.07, 6.45) is 1.37. The minimum atomic E-state index is -0.910. The van der Waals surface area contributed by atoms with Crippen LogP contribution in [0, 0.1) is 0 Å². The number of anilines is 1. The van der Waals surface area contributed by atoms with Gasteiger partial charge in [-0.1, -0.05) is 36.4 Å². The van der Waals surface area contributed by atoms with Crippen LogP contribution in [0.2, 0.25) is 0 Å². The Balaban J connectivity index is 1.51. The molecule has 32 heavy (non-hydrogen) atoms. The van der Waals surface area contributed by atoms with Gasteiger partial charge in [0.1, 0.15) is 12.4 Å². The van der Waals surface area contributed by atoms with Crippen LogP contribution in [-0.2, 0) is 16.2 Å². The Kier molecular flexibility index (Phi) is 7.80. The van der Waals surface area contributed by atoms with Crippen LogP contribution in [0.4, 0.5) is 5.69 Å². The first-order valence-electron chi connectivity index (χ1n) is 9.73. The van der Waals surface area contributed by atoms with Crippen molar-refractivity contribution in [2.75, 3.05) is 19.5 Å². The lowest BCUT2D eigenvalue weighted by Gasteiger charge is -2.09. The fourth-order valence-electron chi connectivity index (χ4n) is 2.79. The highest BCUT2D eigenvalue weighted by Crippen LogP contribution is 2.29. The largest absolute Gasteiger partial charge is 0.493 e. The second kappa shape index (κ2) is 11.2. The molecule has 0 aromatic heterocycles. The molecular formula is C24H23N3O5. The standard InChI is InChI=1S/C24H23N3O5/c1-30-21-10-6-9-18(22(21)31-2)15-25-27-24(29)23(28)26-19-11-13-20(14-12-19)32-16-17-7-4-3-5-8-17/h3-15H,16H2,1-2H3,(H,26,28)(H,27,29)/b25-15-. The first-order chi connectivity index (χ1) is 15.6. The summed E-state index contributed by atoms with van der Waals surface area (Å²) in [5, 5.41) is 6.32. The van der Waals surface area contributed by atoms with E-state index in [1.807, 2.05) is 30.3 Å². The Morgan fingerprint density at radius 2 is 1.62 bits per heavy atom. The molecule has 0 heterocycles. The third-order valence-corrected chi connectivity index (χ3v) is 4.37. The molecule has 3 aromatic rings. The summed E-state index contributed by atoms with van der Waals surface area (Å²) in [6, 6.07) is 21.7. The molecule has 3 aromatic carbocycles. The van der Waals surface area contributed by atoms with E-state index >= 15 is 0 Å². The van der Waals surface area contributed by atoms with Crippen molar-refractivity contribution < 1.29 is 23.8 Å². The van der Waals surface area contributed by atoms with Crippen molar-refractivity contribution in [3.63, 3.8) is 0 Å². The summed E-state index contributed by atoms with van der Waals surface area (Å²) in [6.45, 7) is 0.436. The van der Waals surface area contributed by atoms with Crippen LogP contribution >= 0.6 is 0 Å². The number of hydrogen-bond donors (Lipinski definition) is 2.